The summed E-state index contributed by atoms with van der Waals surface area (Å²) >= 11 is 0. The minimum absolute atomic E-state index is 0.719. The first-order valence-electron chi connectivity index (χ1n) is 7.50. The molecular formula is C19H23NO2. The van der Waals surface area contributed by atoms with Crippen LogP contribution in [0, 0.1) is 0 Å². The molecule has 0 amide bonds. The molecule has 3 nitrogen and oxygen atoms in total. The van der Waals surface area contributed by atoms with Crippen molar-refractivity contribution in [3.63, 3.8) is 0 Å². The Morgan fingerprint density at radius 3 is 2.14 bits per heavy atom. The van der Waals surface area contributed by atoms with E-state index in [2.05, 4.69) is 36.2 Å². The lowest BCUT2D eigenvalue weighted by molar-refractivity contribution is 0.158. The normalized spacial score (nSPS) is 10.3. The van der Waals surface area contributed by atoms with E-state index in [4.69, 9.17) is 9.47 Å². The summed E-state index contributed by atoms with van der Waals surface area (Å²) in [6.45, 7) is 8.47. The molecule has 0 saturated heterocycles. The molecule has 0 radical (unpaired) electrons. The van der Waals surface area contributed by atoms with Gasteiger partial charge >= 0.3 is 0 Å². The van der Waals surface area contributed by atoms with Crippen LogP contribution in [0.5, 0.6) is 5.75 Å². The molecule has 0 fully saturated rings. The molecule has 2 rings (SSSR count). The van der Waals surface area contributed by atoms with Crippen molar-refractivity contribution in [3.8, 4) is 5.75 Å². The molecule has 0 aliphatic heterocycles. The van der Waals surface area contributed by atoms with E-state index in [1.165, 1.54) is 0 Å². The monoisotopic (exact) mass is 297 g/mol. The molecule has 0 bridgehead atoms. The van der Waals surface area contributed by atoms with Gasteiger partial charge in [-0.2, -0.15) is 0 Å². The standard InChI is InChI=1S/C19H23NO2/c1-4-22-14-13-20-18-9-5-16(6-10-18)15(2)17-7-11-19(21-3)12-8-17/h5-12,20H,2,4,13-14H2,1,3H3. The van der Waals surface area contributed by atoms with Crippen molar-refractivity contribution in [1.29, 1.82) is 0 Å². The van der Waals surface area contributed by atoms with E-state index in [1.54, 1.807) is 7.11 Å². The van der Waals surface area contributed by atoms with Crippen molar-refractivity contribution >= 4 is 11.3 Å². The van der Waals surface area contributed by atoms with Gasteiger partial charge in [0.1, 0.15) is 5.75 Å². The summed E-state index contributed by atoms with van der Waals surface area (Å²) in [7, 11) is 1.67. The molecule has 2 aromatic rings. The molecule has 1 N–H and O–H groups in total. The number of rotatable bonds is 8. The summed E-state index contributed by atoms with van der Waals surface area (Å²) < 4.78 is 10.5. The first-order valence-corrected chi connectivity index (χ1v) is 7.50. The van der Waals surface area contributed by atoms with Gasteiger partial charge in [-0.25, -0.2) is 0 Å². The van der Waals surface area contributed by atoms with Crippen LogP contribution in [-0.2, 0) is 4.74 Å². The average Bonchev–Trinajstić information content (AvgIpc) is 2.59. The molecule has 0 heterocycles. The van der Waals surface area contributed by atoms with Crippen LogP contribution in [0.25, 0.3) is 5.57 Å². The van der Waals surface area contributed by atoms with Crippen LogP contribution in [-0.4, -0.2) is 26.9 Å². The van der Waals surface area contributed by atoms with Crippen molar-refractivity contribution in [2.45, 2.75) is 6.92 Å². The summed E-state index contributed by atoms with van der Waals surface area (Å²) in [5, 5.41) is 3.33. The van der Waals surface area contributed by atoms with Gasteiger partial charge in [-0.15, -0.1) is 0 Å². The highest BCUT2D eigenvalue weighted by atomic mass is 16.5. The minimum Gasteiger partial charge on any atom is -0.497 e. The molecule has 0 aromatic heterocycles. The zero-order valence-electron chi connectivity index (χ0n) is 13.3. The second-order valence-corrected chi connectivity index (χ2v) is 4.91. The predicted octanol–water partition coefficient (Wildman–Crippen LogP) is 4.21. The minimum atomic E-state index is 0.719. The first-order chi connectivity index (χ1) is 10.7. The fourth-order valence-electron chi connectivity index (χ4n) is 2.16. The molecule has 2 aromatic carbocycles. The maximum Gasteiger partial charge on any atom is 0.118 e. The lowest BCUT2D eigenvalue weighted by atomic mass is 9.99. The molecule has 22 heavy (non-hydrogen) atoms. The number of nitrogens with one attached hydrogen (secondary N) is 1. The Balaban J connectivity index is 1.98. The third-order valence-electron chi connectivity index (χ3n) is 3.45. The Bertz CT molecular complexity index is 588. The highest BCUT2D eigenvalue weighted by molar-refractivity contribution is 5.78. The number of hydrogen-bond donors (Lipinski definition) is 1. The van der Waals surface area contributed by atoms with Gasteiger partial charge in [0.05, 0.1) is 13.7 Å². The SMILES string of the molecule is C=C(c1ccc(NCCOCC)cc1)c1ccc(OC)cc1. The summed E-state index contributed by atoms with van der Waals surface area (Å²) in [5.74, 6) is 0.852. The van der Waals surface area contributed by atoms with Crippen molar-refractivity contribution < 1.29 is 9.47 Å². The van der Waals surface area contributed by atoms with Gasteiger partial charge in [0.25, 0.3) is 0 Å². The van der Waals surface area contributed by atoms with Crippen LogP contribution in [0.15, 0.2) is 55.1 Å². The predicted molar refractivity (Wildman–Crippen MR) is 92.6 cm³/mol. The second kappa shape index (κ2) is 8.25. The molecule has 0 aliphatic carbocycles. The second-order valence-electron chi connectivity index (χ2n) is 4.91. The molecule has 0 spiro atoms. The van der Waals surface area contributed by atoms with Gasteiger partial charge in [0, 0.05) is 18.8 Å². The number of methoxy groups -OCH3 is 1. The van der Waals surface area contributed by atoms with Crippen LogP contribution >= 0.6 is 0 Å². The highest BCUT2D eigenvalue weighted by Crippen LogP contribution is 2.24. The lowest BCUT2D eigenvalue weighted by Crippen LogP contribution is -2.08. The van der Waals surface area contributed by atoms with Crippen molar-refractivity contribution in [2.75, 3.05) is 32.2 Å². The van der Waals surface area contributed by atoms with Gasteiger partial charge in [-0.05, 0) is 47.9 Å². The summed E-state index contributed by atoms with van der Waals surface area (Å²) in [4.78, 5) is 0. The van der Waals surface area contributed by atoms with Gasteiger partial charge < -0.3 is 14.8 Å². The van der Waals surface area contributed by atoms with E-state index in [9.17, 15) is 0 Å². The van der Waals surface area contributed by atoms with E-state index in [0.29, 0.717) is 0 Å². The molecule has 0 saturated carbocycles. The van der Waals surface area contributed by atoms with Crippen LogP contribution in [0.3, 0.4) is 0 Å². The lowest BCUT2D eigenvalue weighted by Gasteiger charge is -2.10. The topological polar surface area (TPSA) is 30.5 Å². The van der Waals surface area contributed by atoms with Crippen LogP contribution < -0.4 is 10.1 Å². The maximum atomic E-state index is 5.31. The number of benzene rings is 2. The Hall–Kier alpha value is -2.26. The summed E-state index contributed by atoms with van der Waals surface area (Å²) in [5.41, 5.74) is 4.30. The maximum absolute atomic E-state index is 5.31. The third kappa shape index (κ3) is 4.37. The Kier molecular flexibility index (Phi) is 6.04. The molecule has 0 unspecified atom stereocenters. The highest BCUT2D eigenvalue weighted by Gasteiger charge is 2.03. The number of anilines is 1. The Labute approximate surface area is 132 Å². The number of ether oxygens (including phenoxy) is 2. The third-order valence-corrected chi connectivity index (χ3v) is 3.45. The van der Waals surface area contributed by atoms with E-state index in [0.717, 1.165) is 47.9 Å². The fourth-order valence-corrected chi connectivity index (χ4v) is 2.16. The zero-order chi connectivity index (χ0) is 15.8. The average molecular weight is 297 g/mol. The van der Waals surface area contributed by atoms with Crippen LogP contribution in [0.2, 0.25) is 0 Å². The van der Waals surface area contributed by atoms with E-state index in [1.807, 2.05) is 31.2 Å². The largest absolute Gasteiger partial charge is 0.497 e. The van der Waals surface area contributed by atoms with E-state index >= 15 is 0 Å². The summed E-state index contributed by atoms with van der Waals surface area (Å²) in [6.07, 6.45) is 0. The van der Waals surface area contributed by atoms with Crippen molar-refractivity contribution in [1.82, 2.24) is 0 Å². The molecule has 0 atom stereocenters. The fraction of sp³-hybridized carbons (Fsp3) is 0.263. The molecule has 116 valence electrons. The van der Waals surface area contributed by atoms with Gasteiger partial charge in [0.15, 0.2) is 0 Å². The van der Waals surface area contributed by atoms with Gasteiger partial charge in [-0.3, -0.25) is 0 Å². The smallest absolute Gasteiger partial charge is 0.118 e. The quantitative estimate of drug-likeness (QED) is 0.741. The van der Waals surface area contributed by atoms with Crippen LogP contribution in [0.4, 0.5) is 5.69 Å². The Morgan fingerprint density at radius 2 is 1.59 bits per heavy atom. The van der Waals surface area contributed by atoms with Gasteiger partial charge in [0.2, 0.25) is 0 Å². The molecular weight excluding hydrogens is 274 g/mol. The van der Waals surface area contributed by atoms with E-state index in [-0.39, 0.29) is 0 Å². The summed E-state index contributed by atoms with van der Waals surface area (Å²) in [6, 6.07) is 16.2. The van der Waals surface area contributed by atoms with Crippen molar-refractivity contribution in [3.05, 3.63) is 66.2 Å². The van der Waals surface area contributed by atoms with Gasteiger partial charge in [-0.1, -0.05) is 30.8 Å². The first kappa shape index (κ1) is 16.1. The van der Waals surface area contributed by atoms with Crippen LogP contribution in [0.1, 0.15) is 18.1 Å². The van der Waals surface area contributed by atoms with E-state index < -0.39 is 0 Å². The molecule has 0 aliphatic rings. The molecule has 3 heteroatoms. The van der Waals surface area contributed by atoms with Crippen molar-refractivity contribution in [2.24, 2.45) is 0 Å². The Morgan fingerprint density at radius 1 is 1.00 bits per heavy atom. The zero-order valence-corrected chi connectivity index (χ0v) is 13.3. The number of hydrogen-bond acceptors (Lipinski definition) is 3.